The highest BCUT2D eigenvalue weighted by molar-refractivity contribution is 6.07. The van der Waals surface area contributed by atoms with E-state index in [2.05, 4.69) is 22.7 Å². The van der Waals surface area contributed by atoms with Crippen LogP contribution in [0.1, 0.15) is 30.1 Å². The first-order valence-electron chi connectivity index (χ1n) is 9.86. The molecule has 0 unspecified atom stereocenters. The van der Waals surface area contributed by atoms with Crippen molar-refractivity contribution in [3.05, 3.63) is 48.4 Å². The monoisotopic (exact) mass is 381 g/mol. The van der Waals surface area contributed by atoms with Crippen molar-refractivity contribution in [2.45, 2.75) is 31.8 Å². The molecule has 2 aromatic heterocycles. The Hall–Kier alpha value is -2.64. The number of hydrogen-bond acceptors (Lipinski definition) is 4. The predicted octanol–water partition coefficient (Wildman–Crippen LogP) is 2.25. The van der Waals surface area contributed by atoms with E-state index in [0.29, 0.717) is 24.8 Å². The van der Waals surface area contributed by atoms with Crippen molar-refractivity contribution in [2.24, 2.45) is 7.05 Å². The molecule has 148 valence electrons. The van der Waals surface area contributed by atoms with Crippen molar-refractivity contribution in [3.8, 4) is 5.69 Å². The molecule has 2 N–H and O–H groups in total. The quantitative estimate of drug-likeness (QED) is 0.687. The fourth-order valence-corrected chi connectivity index (χ4v) is 3.75. The molecular formula is C21H27N5O2. The van der Waals surface area contributed by atoms with Gasteiger partial charge in [0.25, 0.3) is 5.91 Å². The van der Waals surface area contributed by atoms with E-state index in [-0.39, 0.29) is 11.9 Å². The van der Waals surface area contributed by atoms with Gasteiger partial charge in [-0.05, 0) is 18.9 Å². The number of nitrogens with zero attached hydrogens (tertiary/aromatic N) is 3. The van der Waals surface area contributed by atoms with Gasteiger partial charge in [0.1, 0.15) is 0 Å². The lowest BCUT2D eigenvalue weighted by molar-refractivity contribution is 0.0420. The largest absolute Gasteiger partial charge is 0.378 e. The van der Waals surface area contributed by atoms with Crippen molar-refractivity contribution in [1.29, 1.82) is 0 Å². The van der Waals surface area contributed by atoms with Crippen molar-refractivity contribution in [1.82, 2.24) is 25.0 Å². The van der Waals surface area contributed by atoms with Gasteiger partial charge in [-0.2, -0.15) is 5.10 Å². The molecule has 2 atom stereocenters. The minimum atomic E-state index is -0.0531. The molecule has 7 heteroatoms. The minimum absolute atomic E-state index is 0.0531. The average molecular weight is 381 g/mol. The Morgan fingerprint density at radius 1 is 1.29 bits per heavy atom. The zero-order valence-electron chi connectivity index (χ0n) is 16.4. The maximum atomic E-state index is 12.9. The van der Waals surface area contributed by atoms with E-state index in [4.69, 9.17) is 4.74 Å². The summed E-state index contributed by atoms with van der Waals surface area (Å²) in [5, 5.41) is 11.8. The van der Waals surface area contributed by atoms with E-state index in [0.717, 1.165) is 36.0 Å². The number of benzene rings is 1. The Morgan fingerprint density at radius 2 is 2.11 bits per heavy atom. The molecule has 1 aliphatic rings. The molecule has 28 heavy (non-hydrogen) atoms. The Kier molecular flexibility index (Phi) is 5.45. The first-order valence-corrected chi connectivity index (χ1v) is 9.86. The molecule has 1 aliphatic heterocycles. The average Bonchev–Trinajstić information content (AvgIpc) is 3.31. The van der Waals surface area contributed by atoms with Gasteiger partial charge in [0.05, 0.1) is 36.2 Å². The fourth-order valence-electron chi connectivity index (χ4n) is 3.75. The maximum Gasteiger partial charge on any atom is 0.253 e. The number of morpholine rings is 1. The Labute approximate surface area is 164 Å². The smallest absolute Gasteiger partial charge is 0.253 e. The number of rotatable bonds is 6. The molecule has 0 radical (unpaired) electrons. The Balaban J connectivity index is 1.47. The van der Waals surface area contributed by atoms with Crippen LogP contribution in [0.5, 0.6) is 0 Å². The number of fused-ring (bicyclic) bond motifs is 1. The van der Waals surface area contributed by atoms with E-state index in [1.54, 1.807) is 10.9 Å². The van der Waals surface area contributed by atoms with Crippen LogP contribution in [-0.2, 0) is 11.8 Å². The van der Waals surface area contributed by atoms with E-state index < -0.39 is 0 Å². The van der Waals surface area contributed by atoms with Crippen molar-refractivity contribution < 1.29 is 9.53 Å². The third-order valence-electron chi connectivity index (χ3n) is 5.31. The van der Waals surface area contributed by atoms with Gasteiger partial charge < -0.3 is 19.9 Å². The lowest BCUT2D eigenvalue weighted by Crippen LogP contribution is -2.49. The van der Waals surface area contributed by atoms with Crippen molar-refractivity contribution >= 4 is 16.8 Å². The molecule has 1 fully saturated rings. The van der Waals surface area contributed by atoms with Gasteiger partial charge >= 0.3 is 0 Å². The van der Waals surface area contributed by atoms with E-state index in [1.165, 1.54) is 0 Å². The van der Waals surface area contributed by atoms with Gasteiger partial charge in [-0.25, -0.2) is 0 Å². The summed E-state index contributed by atoms with van der Waals surface area (Å²) in [6.07, 6.45) is 7.53. The number of carbonyl (C=O) groups excluding carboxylic acids is 1. The zero-order chi connectivity index (χ0) is 19.5. The normalized spacial score (nSPS) is 19.8. The maximum absolute atomic E-state index is 12.9. The molecule has 1 amide bonds. The number of carbonyl (C=O) groups is 1. The SMILES string of the molecule is CC[C@H]1COC[C@H](CCNC(=O)c2cn(-c3cnn(C)c3)c3ccccc23)N1. The van der Waals surface area contributed by atoms with Gasteiger partial charge in [-0.15, -0.1) is 0 Å². The first kappa shape index (κ1) is 18.7. The molecule has 3 heterocycles. The highest BCUT2D eigenvalue weighted by Crippen LogP contribution is 2.24. The minimum Gasteiger partial charge on any atom is -0.378 e. The zero-order valence-corrected chi connectivity index (χ0v) is 16.4. The number of aryl methyl sites for hydroxylation is 1. The molecule has 1 aromatic carbocycles. The number of para-hydroxylation sites is 1. The van der Waals surface area contributed by atoms with Crippen molar-refractivity contribution in [3.63, 3.8) is 0 Å². The number of amides is 1. The molecule has 0 saturated carbocycles. The second kappa shape index (κ2) is 8.16. The predicted molar refractivity (Wildman–Crippen MR) is 109 cm³/mol. The summed E-state index contributed by atoms with van der Waals surface area (Å²) in [5.74, 6) is -0.0531. The third-order valence-corrected chi connectivity index (χ3v) is 5.31. The second-order valence-electron chi connectivity index (χ2n) is 7.35. The summed E-state index contributed by atoms with van der Waals surface area (Å²) in [6.45, 7) is 4.24. The van der Waals surface area contributed by atoms with Crippen LogP contribution in [0, 0.1) is 0 Å². The van der Waals surface area contributed by atoms with Crippen LogP contribution in [0.4, 0.5) is 0 Å². The van der Waals surface area contributed by atoms with Crippen LogP contribution in [0.2, 0.25) is 0 Å². The van der Waals surface area contributed by atoms with Gasteiger partial charge in [-0.1, -0.05) is 25.1 Å². The topological polar surface area (TPSA) is 73.1 Å². The van der Waals surface area contributed by atoms with Gasteiger partial charge in [0.15, 0.2) is 0 Å². The molecule has 0 bridgehead atoms. The fraction of sp³-hybridized carbons (Fsp3) is 0.429. The summed E-state index contributed by atoms with van der Waals surface area (Å²) in [5.41, 5.74) is 2.61. The number of ether oxygens (including phenoxy) is 1. The van der Waals surface area contributed by atoms with Gasteiger partial charge in [-0.3, -0.25) is 9.48 Å². The van der Waals surface area contributed by atoms with Crippen molar-refractivity contribution in [2.75, 3.05) is 19.8 Å². The lowest BCUT2D eigenvalue weighted by atomic mass is 10.1. The van der Waals surface area contributed by atoms with Crippen LogP contribution in [0.25, 0.3) is 16.6 Å². The van der Waals surface area contributed by atoms with E-state index in [1.807, 2.05) is 48.3 Å². The van der Waals surface area contributed by atoms with Crippen LogP contribution < -0.4 is 10.6 Å². The Bertz CT molecular complexity index is 961. The molecule has 7 nitrogen and oxygen atoms in total. The summed E-state index contributed by atoms with van der Waals surface area (Å²) >= 11 is 0. The first-order chi connectivity index (χ1) is 13.7. The van der Waals surface area contributed by atoms with Crippen LogP contribution in [-0.4, -0.2) is 52.1 Å². The van der Waals surface area contributed by atoms with E-state index >= 15 is 0 Å². The Morgan fingerprint density at radius 3 is 2.89 bits per heavy atom. The number of nitrogens with one attached hydrogen (secondary N) is 2. The summed E-state index contributed by atoms with van der Waals surface area (Å²) in [7, 11) is 1.88. The summed E-state index contributed by atoms with van der Waals surface area (Å²) in [4.78, 5) is 12.9. The summed E-state index contributed by atoms with van der Waals surface area (Å²) in [6, 6.07) is 8.64. The molecule has 0 aliphatic carbocycles. The second-order valence-corrected chi connectivity index (χ2v) is 7.35. The van der Waals surface area contributed by atoms with Gasteiger partial charge in [0.2, 0.25) is 0 Å². The van der Waals surface area contributed by atoms with E-state index in [9.17, 15) is 4.79 Å². The molecule has 3 aromatic rings. The highest BCUT2D eigenvalue weighted by atomic mass is 16.5. The lowest BCUT2D eigenvalue weighted by Gasteiger charge is -2.30. The number of hydrogen-bond donors (Lipinski definition) is 2. The van der Waals surface area contributed by atoms with Gasteiger partial charge in [0, 0.05) is 43.5 Å². The molecular weight excluding hydrogens is 354 g/mol. The third kappa shape index (κ3) is 3.81. The van der Waals surface area contributed by atoms with Crippen LogP contribution >= 0.6 is 0 Å². The standard InChI is InChI=1S/C21H27N5O2/c1-3-15-13-28-14-16(24-15)8-9-22-21(27)19-12-26(17-10-23-25(2)11-17)20-7-5-4-6-18(19)20/h4-7,10-12,15-16,24H,3,8-9,13-14H2,1-2H3,(H,22,27)/t15-,16-/m0/s1. The summed E-state index contributed by atoms with van der Waals surface area (Å²) < 4.78 is 9.42. The molecule has 4 rings (SSSR count). The molecule has 1 saturated heterocycles. The number of aromatic nitrogens is 3. The highest BCUT2D eigenvalue weighted by Gasteiger charge is 2.21. The van der Waals surface area contributed by atoms with Crippen LogP contribution in [0.3, 0.4) is 0 Å². The molecule has 0 spiro atoms. The van der Waals surface area contributed by atoms with Crippen LogP contribution in [0.15, 0.2) is 42.9 Å².